The van der Waals surface area contributed by atoms with Crippen molar-refractivity contribution in [1.82, 2.24) is 0 Å². The molecule has 0 aromatic heterocycles. The van der Waals surface area contributed by atoms with Crippen LogP contribution < -0.4 is 0 Å². The van der Waals surface area contributed by atoms with Crippen molar-refractivity contribution in [2.75, 3.05) is 0 Å². The van der Waals surface area contributed by atoms with Gasteiger partial charge in [0.2, 0.25) is 5.78 Å². The van der Waals surface area contributed by atoms with Gasteiger partial charge in [-0.05, 0) is 59.0 Å². The molecule has 4 aliphatic carbocycles. The Kier molecular flexibility index (Phi) is 4.27. The lowest BCUT2D eigenvalue weighted by atomic mass is 9.44. The van der Waals surface area contributed by atoms with Gasteiger partial charge >= 0.3 is 0 Å². The number of hydrogen-bond donors (Lipinski definition) is 1. The van der Waals surface area contributed by atoms with Crippen molar-refractivity contribution in [3.63, 3.8) is 0 Å². The van der Waals surface area contributed by atoms with E-state index in [0.717, 1.165) is 6.08 Å². The number of allylic oxidation sites excluding steroid dienone is 4. The van der Waals surface area contributed by atoms with Gasteiger partial charge in [0.15, 0.2) is 28.7 Å². The first-order chi connectivity index (χ1) is 14.7. The molecule has 176 valence electrons. The van der Waals surface area contributed by atoms with Crippen LogP contribution in [0.2, 0.25) is 0 Å². The SMILES string of the molecule is CC(=O)[C@@]12OC(C)(C)O[C@@H]1C[C@H]1[C@@H]3C[C@H](F)C4=C(F)C(=O)C=C[C@]4(C)[C@@]3(F)[C@@H](O)C[C@@]12C. The molecule has 5 nitrogen and oxygen atoms in total. The van der Waals surface area contributed by atoms with Crippen LogP contribution in [0.25, 0.3) is 0 Å². The number of ketones is 2. The average molecular weight is 454 g/mol. The molecule has 0 radical (unpaired) electrons. The number of halogens is 3. The van der Waals surface area contributed by atoms with E-state index in [1.807, 2.05) is 0 Å². The summed E-state index contributed by atoms with van der Waals surface area (Å²) in [5.74, 6) is -5.16. The summed E-state index contributed by atoms with van der Waals surface area (Å²) in [6, 6.07) is 0. The molecule has 0 bridgehead atoms. The lowest BCUT2D eigenvalue weighted by Gasteiger charge is -2.63. The molecule has 5 aliphatic rings. The summed E-state index contributed by atoms with van der Waals surface area (Å²) < 4.78 is 59.6. The second kappa shape index (κ2) is 6.13. The molecule has 5 rings (SSSR count). The Morgan fingerprint density at radius 3 is 2.47 bits per heavy atom. The minimum atomic E-state index is -2.42. The largest absolute Gasteiger partial charge is 0.390 e. The Balaban J connectivity index is 1.68. The fraction of sp³-hybridized carbons (Fsp3) is 0.750. The molecule has 4 fully saturated rings. The van der Waals surface area contributed by atoms with Crippen LogP contribution in [0.3, 0.4) is 0 Å². The topological polar surface area (TPSA) is 72.8 Å². The normalized spacial score (nSPS) is 53.5. The number of ether oxygens (including phenoxy) is 2. The predicted molar refractivity (Wildman–Crippen MR) is 108 cm³/mol. The standard InChI is InChI=1S/C24H29F3O5/c1-11(28)24-17(31-20(2,3)32-24)9-12-13-8-14(25)18-19(26)15(29)6-7-21(18,4)23(13,27)16(30)10-22(12,24)5/h6-7,12-14,16-17,30H,8-10H2,1-5H3/t12-,13-,14-,16-,17+,21-,22-,23-,24+/m0/s1. The van der Waals surface area contributed by atoms with Crippen molar-refractivity contribution in [2.24, 2.45) is 22.7 Å². The molecule has 9 atom stereocenters. The van der Waals surface area contributed by atoms with Crippen molar-refractivity contribution in [3.05, 3.63) is 23.6 Å². The minimum Gasteiger partial charge on any atom is -0.390 e. The first kappa shape index (κ1) is 22.3. The molecule has 0 aromatic carbocycles. The molecule has 1 heterocycles. The highest BCUT2D eigenvalue weighted by Gasteiger charge is 2.80. The summed E-state index contributed by atoms with van der Waals surface area (Å²) in [6.07, 6.45) is -2.33. The maximum absolute atomic E-state index is 17.1. The van der Waals surface area contributed by atoms with Gasteiger partial charge in [-0.1, -0.05) is 13.0 Å². The monoisotopic (exact) mass is 454 g/mol. The van der Waals surface area contributed by atoms with Crippen molar-refractivity contribution in [2.45, 2.75) is 89.3 Å². The number of Topliss-reactive ketones (excluding diaryl/α,β-unsaturated/α-hetero) is 1. The Morgan fingerprint density at radius 2 is 1.84 bits per heavy atom. The maximum atomic E-state index is 17.1. The van der Waals surface area contributed by atoms with Crippen LogP contribution in [-0.4, -0.2) is 52.1 Å². The molecular weight excluding hydrogens is 425 g/mol. The minimum absolute atomic E-state index is 0.136. The predicted octanol–water partition coefficient (Wildman–Crippen LogP) is 3.69. The number of carbonyl (C=O) groups is 2. The number of rotatable bonds is 1. The second-order valence-electron chi connectivity index (χ2n) is 11.1. The first-order valence-corrected chi connectivity index (χ1v) is 11.2. The third-order valence-electron chi connectivity index (χ3n) is 9.22. The van der Waals surface area contributed by atoms with E-state index in [-0.39, 0.29) is 18.6 Å². The summed E-state index contributed by atoms with van der Waals surface area (Å²) in [7, 11) is 0. The third kappa shape index (κ3) is 2.22. The van der Waals surface area contributed by atoms with Gasteiger partial charge in [-0.25, -0.2) is 13.2 Å². The van der Waals surface area contributed by atoms with Crippen LogP contribution in [0.5, 0.6) is 0 Å². The molecule has 0 spiro atoms. The molecule has 1 saturated heterocycles. The summed E-state index contributed by atoms with van der Waals surface area (Å²) in [6.45, 7) is 7.95. The molecule has 1 N–H and O–H groups in total. The van der Waals surface area contributed by atoms with Crippen molar-refractivity contribution in [3.8, 4) is 0 Å². The van der Waals surface area contributed by atoms with E-state index >= 15 is 8.78 Å². The quantitative estimate of drug-likeness (QED) is 0.654. The number of carbonyl (C=O) groups excluding carboxylic acids is 2. The van der Waals surface area contributed by atoms with E-state index in [4.69, 9.17) is 9.47 Å². The Labute approximate surface area is 185 Å². The number of aliphatic hydroxyl groups is 1. The van der Waals surface area contributed by atoms with Crippen LogP contribution >= 0.6 is 0 Å². The van der Waals surface area contributed by atoms with Gasteiger partial charge in [0, 0.05) is 22.3 Å². The molecule has 8 heteroatoms. The molecule has 0 amide bonds. The molecule has 1 aliphatic heterocycles. The highest BCUT2D eigenvalue weighted by Crippen LogP contribution is 2.72. The molecule has 0 aromatic rings. The summed E-state index contributed by atoms with van der Waals surface area (Å²) >= 11 is 0. The molecule has 3 saturated carbocycles. The van der Waals surface area contributed by atoms with Gasteiger partial charge in [-0.3, -0.25) is 9.59 Å². The van der Waals surface area contributed by atoms with E-state index in [0.29, 0.717) is 0 Å². The number of fused-ring (bicyclic) bond motifs is 7. The zero-order valence-electron chi connectivity index (χ0n) is 18.9. The summed E-state index contributed by atoms with van der Waals surface area (Å²) in [5.41, 5.74) is -7.18. The van der Waals surface area contributed by atoms with E-state index in [1.54, 1.807) is 20.8 Å². The van der Waals surface area contributed by atoms with Crippen LogP contribution in [0.15, 0.2) is 23.6 Å². The summed E-state index contributed by atoms with van der Waals surface area (Å²) in [5, 5.41) is 11.3. The average Bonchev–Trinajstić information content (AvgIpc) is 3.08. The lowest BCUT2D eigenvalue weighted by molar-refractivity contribution is -0.248. The van der Waals surface area contributed by atoms with Crippen LogP contribution in [0.4, 0.5) is 13.2 Å². The number of alkyl halides is 2. The third-order valence-corrected chi connectivity index (χ3v) is 9.22. The van der Waals surface area contributed by atoms with Crippen LogP contribution in [0.1, 0.15) is 53.9 Å². The second-order valence-corrected chi connectivity index (χ2v) is 11.1. The van der Waals surface area contributed by atoms with Crippen molar-refractivity contribution < 1.29 is 37.3 Å². The highest BCUT2D eigenvalue weighted by atomic mass is 19.2. The summed E-state index contributed by atoms with van der Waals surface area (Å²) in [4.78, 5) is 24.9. The number of aliphatic hydroxyl groups excluding tert-OH is 1. The van der Waals surface area contributed by atoms with Gasteiger partial charge in [-0.2, -0.15) is 0 Å². The Morgan fingerprint density at radius 1 is 1.19 bits per heavy atom. The van der Waals surface area contributed by atoms with Crippen molar-refractivity contribution >= 4 is 11.6 Å². The van der Waals surface area contributed by atoms with Crippen LogP contribution in [-0.2, 0) is 19.1 Å². The fourth-order valence-corrected chi connectivity index (χ4v) is 8.04. The maximum Gasteiger partial charge on any atom is 0.213 e. The Hall–Kier alpha value is -1.51. The van der Waals surface area contributed by atoms with E-state index < -0.39 is 81.7 Å². The van der Waals surface area contributed by atoms with Gasteiger partial charge in [0.25, 0.3) is 0 Å². The van der Waals surface area contributed by atoms with E-state index in [1.165, 1.54) is 19.9 Å². The molecule has 32 heavy (non-hydrogen) atoms. The Bertz CT molecular complexity index is 990. The lowest BCUT2D eigenvalue weighted by Crippen LogP contribution is -2.70. The van der Waals surface area contributed by atoms with Crippen LogP contribution in [0, 0.1) is 22.7 Å². The van der Waals surface area contributed by atoms with Gasteiger partial charge in [0.1, 0.15) is 6.17 Å². The number of hydrogen-bond acceptors (Lipinski definition) is 5. The zero-order chi connectivity index (χ0) is 23.6. The van der Waals surface area contributed by atoms with Gasteiger partial charge in [-0.15, -0.1) is 0 Å². The van der Waals surface area contributed by atoms with E-state index in [9.17, 15) is 19.1 Å². The fourth-order valence-electron chi connectivity index (χ4n) is 8.04. The molecular formula is C24H29F3O5. The van der Waals surface area contributed by atoms with Gasteiger partial charge < -0.3 is 14.6 Å². The van der Waals surface area contributed by atoms with Gasteiger partial charge in [0.05, 0.1) is 12.2 Å². The first-order valence-electron chi connectivity index (χ1n) is 11.2. The van der Waals surface area contributed by atoms with E-state index in [2.05, 4.69) is 0 Å². The highest BCUT2D eigenvalue weighted by molar-refractivity contribution is 6.04. The van der Waals surface area contributed by atoms with Crippen molar-refractivity contribution in [1.29, 1.82) is 0 Å². The smallest absolute Gasteiger partial charge is 0.213 e. The zero-order valence-corrected chi connectivity index (χ0v) is 18.9. The molecule has 0 unspecified atom stereocenters.